The Morgan fingerprint density at radius 1 is 0.614 bits per heavy atom. The fourth-order valence-electron chi connectivity index (χ4n) is 8.11. The Morgan fingerprint density at radius 3 is 2.32 bits per heavy atom. The molecule has 4 unspecified atom stereocenters. The maximum atomic E-state index is 2.72. The lowest BCUT2D eigenvalue weighted by Gasteiger charge is -2.33. The van der Waals surface area contributed by atoms with Crippen molar-refractivity contribution < 1.29 is 0 Å². The van der Waals surface area contributed by atoms with E-state index in [0.29, 0.717) is 23.9 Å². The van der Waals surface area contributed by atoms with E-state index in [1.807, 2.05) is 0 Å². The molecule has 9 rings (SSSR count). The Hall–Kier alpha value is -5.08. The van der Waals surface area contributed by atoms with Crippen molar-refractivity contribution in [2.24, 2.45) is 5.92 Å². The number of anilines is 1. The summed E-state index contributed by atoms with van der Waals surface area (Å²) in [6.45, 7) is 0. The summed E-state index contributed by atoms with van der Waals surface area (Å²) < 4.78 is 2.50. The van der Waals surface area contributed by atoms with Crippen molar-refractivity contribution >= 4 is 28.2 Å². The molecular weight excluding hydrogens is 532 g/mol. The maximum Gasteiger partial charge on any atom is 0.0583 e. The molecule has 2 nitrogen and oxygen atoms in total. The molecule has 4 aromatic carbocycles. The third-order valence-electron chi connectivity index (χ3n) is 10.0. The minimum atomic E-state index is 0.305. The Kier molecular flexibility index (Phi) is 5.94. The Morgan fingerprint density at radius 2 is 1.41 bits per heavy atom. The summed E-state index contributed by atoms with van der Waals surface area (Å²) in [6.07, 6.45) is 22.9. The normalized spacial score (nSPS) is 23.0. The van der Waals surface area contributed by atoms with Gasteiger partial charge in [0.25, 0.3) is 0 Å². The fourth-order valence-corrected chi connectivity index (χ4v) is 8.11. The van der Waals surface area contributed by atoms with E-state index < -0.39 is 0 Å². The zero-order valence-corrected chi connectivity index (χ0v) is 24.6. The van der Waals surface area contributed by atoms with Gasteiger partial charge in [-0.2, -0.15) is 0 Å². The number of aromatic nitrogens is 1. The van der Waals surface area contributed by atoms with Crippen LogP contribution in [-0.2, 0) is 0 Å². The summed E-state index contributed by atoms with van der Waals surface area (Å²) in [4.78, 5) is 2.72. The van der Waals surface area contributed by atoms with Crippen LogP contribution in [0.4, 0.5) is 5.69 Å². The van der Waals surface area contributed by atoms with Gasteiger partial charge in [-0.05, 0) is 65.4 Å². The molecule has 0 amide bonds. The molecule has 2 heteroatoms. The molecule has 0 spiro atoms. The SMILES string of the molecule is C1=CCC(c2cccc(N3C4CC=c5c(c6ccccc6n5-c5cccc(-c6ccccc6)c5)=C4C4C=CC=CC43)c2)C=C1. The van der Waals surface area contributed by atoms with Gasteiger partial charge in [0.2, 0.25) is 0 Å². The molecular formula is C42H34N2. The average Bonchev–Trinajstić information content (AvgIpc) is 3.62. The van der Waals surface area contributed by atoms with Crippen molar-refractivity contribution in [1.82, 2.24) is 4.57 Å². The molecule has 0 N–H and O–H groups in total. The van der Waals surface area contributed by atoms with Crippen molar-refractivity contribution in [2.45, 2.75) is 30.8 Å². The second-order valence-corrected chi connectivity index (χ2v) is 12.4. The molecule has 1 saturated heterocycles. The van der Waals surface area contributed by atoms with E-state index in [0.717, 1.165) is 12.8 Å². The van der Waals surface area contributed by atoms with Crippen molar-refractivity contribution in [3.8, 4) is 16.8 Å². The molecule has 1 aliphatic heterocycles. The molecule has 4 aliphatic rings. The van der Waals surface area contributed by atoms with Gasteiger partial charge < -0.3 is 9.47 Å². The summed E-state index contributed by atoms with van der Waals surface area (Å²) in [5.41, 5.74) is 9.27. The molecule has 0 bridgehead atoms. The van der Waals surface area contributed by atoms with Crippen molar-refractivity contribution in [2.75, 3.05) is 4.90 Å². The van der Waals surface area contributed by atoms with Crippen LogP contribution in [0.3, 0.4) is 0 Å². The zero-order valence-electron chi connectivity index (χ0n) is 24.6. The lowest BCUT2D eigenvalue weighted by atomic mass is 9.86. The van der Waals surface area contributed by atoms with E-state index in [9.17, 15) is 0 Å². The maximum absolute atomic E-state index is 2.72. The zero-order chi connectivity index (χ0) is 29.0. The summed E-state index contributed by atoms with van der Waals surface area (Å²) >= 11 is 0. The van der Waals surface area contributed by atoms with Gasteiger partial charge in [0.15, 0.2) is 0 Å². The van der Waals surface area contributed by atoms with E-state index in [-0.39, 0.29) is 0 Å². The molecule has 2 heterocycles. The number of hydrogen-bond acceptors (Lipinski definition) is 1. The van der Waals surface area contributed by atoms with Crippen LogP contribution in [0.25, 0.3) is 39.4 Å². The van der Waals surface area contributed by atoms with Gasteiger partial charge in [-0.15, -0.1) is 0 Å². The minimum absolute atomic E-state index is 0.305. The third-order valence-corrected chi connectivity index (χ3v) is 10.0. The molecule has 0 radical (unpaired) electrons. The highest BCUT2D eigenvalue weighted by molar-refractivity contribution is 5.89. The number of rotatable bonds is 4. The number of benzene rings is 4. The predicted octanol–water partition coefficient (Wildman–Crippen LogP) is 8.23. The number of fused-ring (bicyclic) bond motifs is 6. The van der Waals surface area contributed by atoms with Crippen LogP contribution in [0.1, 0.15) is 24.3 Å². The van der Waals surface area contributed by atoms with Gasteiger partial charge in [0, 0.05) is 33.8 Å². The first kappa shape index (κ1) is 25.4. The van der Waals surface area contributed by atoms with Crippen LogP contribution >= 0.6 is 0 Å². The van der Waals surface area contributed by atoms with E-state index in [4.69, 9.17) is 0 Å². The first-order valence-corrected chi connectivity index (χ1v) is 15.9. The lowest BCUT2D eigenvalue weighted by molar-refractivity contribution is 0.677. The van der Waals surface area contributed by atoms with E-state index in [1.165, 1.54) is 49.5 Å². The Labute approximate surface area is 258 Å². The van der Waals surface area contributed by atoms with Gasteiger partial charge in [-0.1, -0.05) is 127 Å². The number of allylic oxidation sites excluding steroid dienone is 6. The van der Waals surface area contributed by atoms with E-state index in [1.54, 1.807) is 5.57 Å². The molecule has 44 heavy (non-hydrogen) atoms. The lowest BCUT2D eigenvalue weighted by Crippen LogP contribution is -2.41. The van der Waals surface area contributed by atoms with Crippen LogP contribution < -0.4 is 15.5 Å². The second-order valence-electron chi connectivity index (χ2n) is 12.4. The second kappa shape index (κ2) is 10.3. The summed E-state index contributed by atoms with van der Waals surface area (Å²) in [5.74, 6) is 0.784. The first-order chi connectivity index (χ1) is 21.8. The van der Waals surface area contributed by atoms with Crippen LogP contribution in [0.5, 0.6) is 0 Å². The standard InChI is InChI=1S/C42H34N2/c1-3-13-29(14-4-1)31-17-11-19-33(27-31)43-37-23-9-7-21-35(37)41-39(43)25-26-40-42(41)36-22-8-10-24-38(36)44(40)34-20-12-18-32(28-34)30-15-5-2-6-16-30/h1-15,17-25,27-28,30,36,38,40H,16,26H2. The minimum Gasteiger partial charge on any atom is -0.357 e. The van der Waals surface area contributed by atoms with Gasteiger partial charge in [-0.25, -0.2) is 0 Å². The van der Waals surface area contributed by atoms with Gasteiger partial charge in [0.1, 0.15) is 0 Å². The molecule has 1 fully saturated rings. The molecule has 5 aromatic rings. The topological polar surface area (TPSA) is 8.17 Å². The Balaban J connectivity index is 1.24. The monoisotopic (exact) mass is 566 g/mol. The molecule has 3 aliphatic carbocycles. The highest BCUT2D eigenvalue weighted by Crippen LogP contribution is 2.45. The smallest absolute Gasteiger partial charge is 0.0583 e. The van der Waals surface area contributed by atoms with Crippen LogP contribution in [0.2, 0.25) is 0 Å². The summed E-state index contributed by atoms with van der Waals surface area (Å²) in [6, 6.07) is 38.7. The predicted molar refractivity (Wildman–Crippen MR) is 184 cm³/mol. The number of nitrogens with zero attached hydrogens (tertiary/aromatic N) is 2. The average molecular weight is 567 g/mol. The molecule has 0 saturated carbocycles. The first-order valence-electron chi connectivity index (χ1n) is 15.9. The highest BCUT2D eigenvalue weighted by atomic mass is 15.2. The molecule has 1 aromatic heterocycles. The van der Waals surface area contributed by atoms with Gasteiger partial charge in [0.05, 0.1) is 22.9 Å². The van der Waals surface area contributed by atoms with Crippen LogP contribution in [0, 0.1) is 5.92 Å². The van der Waals surface area contributed by atoms with Crippen LogP contribution in [0.15, 0.2) is 152 Å². The summed E-state index contributed by atoms with van der Waals surface area (Å²) in [7, 11) is 0. The largest absolute Gasteiger partial charge is 0.357 e. The van der Waals surface area contributed by atoms with Crippen molar-refractivity contribution in [3.63, 3.8) is 0 Å². The van der Waals surface area contributed by atoms with Gasteiger partial charge >= 0.3 is 0 Å². The third kappa shape index (κ3) is 3.94. The fraction of sp³-hybridized carbons (Fsp3) is 0.143. The van der Waals surface area contributed by atoms with Crippen molar-refractivity contribution in [1.29, 1.82) is 0 Å². The molecule has 212 valence electrons. The highest BCUT2D eigenvalue weighted by Gasteiger charge is 2.45. The summed E-state index contributed by atoms with van der Waals surface area (Å²) in [5, 5.41) is 4.11. The molecule has 4 atom stereocenters. The number of hydrogen-bond donors (Lipinski definition) is 0. The number of para-hydroxylation sites is 1. The van der Waals surface area contributed by atoms with Crippen LogP contribution in [-0.4, -0.2) is 16.7 Å². The van der Waals surface area contributed by atoms with Crippen molar-refractivity contribution in [3.05, 3.63) is 168 Å². The quantitative estimate of drug-likeness (QED) is 0.213. The Bertz CT molecular complexity index is 2160. The van der Waals surface area contributed by atoms with E-state index >= 15 is 0 Å². The van der Waals surface area contributed by atoms with Gasteiger partial charge in [-0.3, -0.25) is 0 Å². The van der Waals surface area contributed by atoms with E-state index in [2.05, 4.69) is 167 Å².